The number of hydrogen-bond acceptors (Lipinski definition) is 3. The molecule has 0 heterocycles. The third-order valence-corrected chi connectivity index (χ3v) is 4.26. The molecule has 0 amide bonds. The maximum absolute atomic E-state index is 12.2. The highest BCUT2D eigenvalue weighted by Crippen LogP contribution is 2.25. The summed E-state index contributed by atoms with van der Waals surface area (Å²) in [4.78, 5) is 2.64. The van der Waals surface area contributed by atoms with Crippen molar-refractivity contribution in [1.29, 1.82) is 0 Å². The topological polar surface area (TPSA) is 94.9 Å². The minimum absolute atomic E-state index is 0.0236. The van der Waals surface area contributed by atoms with Gasteiger partial charge in [0.2, 0.25) is 0 Å². The Balaban J connectivity index is 2.31. The highest BCUT2D eigenvalue weighted by molar-refractivity contribution is 7.92. The molecule has 9 heteroatoms. The summed E-state index contributed by atoms with van der Waals surface area (Å²) in [5.41, 5.74) is 8.88. The van der Waals surface area contributed by atoms with E-state index in [1.807, 2.05) is 0 Å². The smallest absolute Gasteiger partial charge is 0.261 e. The summed E-state index contributed by atoms with van der Waals surface area (Å²) in [5, 5.41) is 4.00. The molecule has 0 aliphatic carbocycles. The summed E-state index contributed by atoms with van der Waals surface area (Å²) >= 11 is 11.6. The van der Waals surface area contributed by atoms with Gasteiger partial charge in [-0.2, -0.15) is 0 Å². The monoisotopic (exact) mass is 342 g/mol. The van der Waals surface area contributed by atoms with Crippen molar-refractivity contribution in [2.45, 2.75) is 4.90 Å². The number of anilines is 1. The molecule has 0 atom stereocenters. The van der Waals surface area contributed by atoms with Gasteiger partial charge >= 0.3 is 0 Å². The van der Waals surface area contributed by atoms with E-state index < -0.39 is 10.0 Å². The Morgan fingerprint density at radius 3 is 2.14 bits per heavy atom. The first kappa shape index (κ1) is 15.5. The van der Waals surface area contributed by atoms with Crippen LogP contribution in [0.25, 0.3) is 10.4 Å². The van der Waals surface area contributed by atoms with E-state index in [-0.39, 0.29) is 10.6 Å². The lowest BCUT2D eigenvalue weighted by Gasteiger charge is -2.09. The first-order valence-corrected chi connectivity index (χ1v) is 7.79. The fourth-order valence-electron chi connectivity index (χ4n) is 1.57. The molecule has 0 fully saturated rings. The Bertz CT molecular complexity index is 795. The van der Waals surface area contributed by atoms with Crippen molar-refractivity contribution in [3.05, 3.63) is 63.0 Å². The zero-order valence-corrected chi connectivity index (χ0v) is 12.7. The second kappa shape index (κ2) is 6.24. The lowest BCUT2D eigenvalue weighted by atomic mass is 10.3. The minimum atomic E-state index is -3.78. The van der Waals surface area contributed by atoms with Crippen LogP contribution in [0.3, 0.4) is 0 Å². The van der Waals surface area contributed by atoms with Gasteiger partial charge in [-0.15, -0.1) is 0 Å². The summed E-state index contributed by atoms with van der Waals surface area (Å²) < 4.78 is 26.8. The highest BCUT2D eigenvalue weighted by atomic mass is 35.5. The van der Waals surface area contributed by atoms with Gasteiger partial charge in [0, 0.05) is 20.6 Å². The lowest BCUT2D eigenvalue weighted by Crippen LogP contribution is -2.12. The average Bonchev–Trinajstić information content (AvgIpc) is 2.38. The van der Waals surface area contributed by atoms with Crippen molar-refractivity contribution < 1.29 is 8.42 Å². The number of hydrogen-bond donors (Lipinski definition) is 1. The summed E-state index contributed by atoms with van der Waals surface area (Å²) in [6.45, 7) is 0. The summed E-state index contributed by atoms with van der Waals surface area (Å²) in [5.74, 6) is 0. The molecule has 0 saturated heterocycles. The quantitative estimate of drug-likeness (QED) is 0.493. The van der Waals surface area contributed by atoms with Gasteiger partial charge in [0.05, 0.1) is 10.6 Å². The Hall–Kier alpha value is -1.92. The summed E-state index contributed by atoms with van der Waals surface area (Å²) in [6.07, 6.45) is 0. The molecular weight excluding hydrogens is 335 g/mol. The van der Waals surface area contributed by atoms with E-state index in [9.17, 15) is 8.42 Å². The molecule has 1 N–H and O–H groups in total. The van der Waals surface area contributed by atoms with Crippen LogP contribution in [-0.4, -0.2) is 8.42 Å². The van der Waals surface area contributed by atoms with Crippen LogP contribution in [-0.2, 0) is 10.0 Å². The fourth-order valence-corrected chi connectivity index (χ4v) is 3.14. The van der Waals surface area contributed by atoms with Gasteiger partial charge in [0.25, 0.3) is 10.0 Å². The van der Waals surface area contributed by atoms with Crippen molar-refractivity contribution in [2.75, 3.05) is 4.72 Å². The molecule has 6 nitrogen and oxygen atoms in total. The number of nitrogens with one attached hydrogen (secondary N) is 1. The number of benzene rings is 2. The van der Waals surface area contributed by atoms with Gasteiger partial charge in [-0.1, -0.05) is 40.4 Å². The number of rotatable bonds is 4. The van der Waals surface area contributed by atoms with Crippen LogP contribution in [0, 0.1) is 0 Å². The van der Waals surface area contributed by atoms with Crippen LogP contribution in [0.2, 0.25) is 10.0 Å². The zero-order valence-electron chi connectivity index (χ0n) is 10.4. The maximum atomic E-state index is 12.2. The molecule has 0 spiro atoms. The number of nitrogens with zero attached hydrogens (tertiary/aromatic N) is 3. The van der Waals surface area contributed by atoms with Crippen LogP contribution in [0.15, 0.2) is 52.5 Å². The standard InChI is InChI=1S/C12H8Cl2N4O2S/c13-8-5-9(14)7-11(6-8)17-21(19,20)12-3-1-10(2-4-12)16-18-15/h1-7,17H. The molecule has 2 rings (SSSR count). The predicted molar refractivity (Wildman–Crippen MR) is 82.5 cm³/mol. The molecule has 0 aliphatic heterocycles. The van der Waals surface area contributed by atoms with Crippen molar-refractivity contribution in [3.63, 3.8) is 0 Å². The normalized spacial score (nSPS) is 10.8. The number of azide groups is 1. The third-order valence-electron chi connectivity index (χ3n) is 2.42. The van der Waals surface area contributed by atoms with Crippen molar-refractivity contribution in [1.82, 2.24) is 0 Å². The lowest BCUT2D eigenvalue weighted by molar-refractivity contribution is 0.601. The SMILES string of the molecule is [N-]=[N+]=Nc1ccc(S(=O)(=O)Nc2cc(Cl)cc(Cl)c2)cc1. The summed E-state index contributed by atoms with van der Waals surface area (Å²) in [6, 6.07) is 9.85. The first-order chi connectivity index (χ1) is 9.90. The largest absolute Gasteiger partial charge is 0.280 e. The van der Waals surface area contributed by atoms with Gasteiger partial charge in [-0.25, -0.2) is 8.42 Å². The molecule has 2 aromatic rings. The van der Waals surface area contributed by atoms with E-state index in [4.69, 9.17) is 28.7 Å². The number of sulfonamides is 1. The molecule has 0 unspecified atom stereocenters. The summed E-state index contributed by atoms with van der Waals surface area (Å²) in [7, 11) is -3.78. The number of halogens is 2. The fraction of sp³-hybridized carbons (Fsp3) is 0. The van der Waals surface area contributed by atoms with E-state index in [0.717, 1.165) is 0 Å². The molecule has 108 valence electrons. The highest BCUT2D eigenvalue weighted by Gasteiger charge is 2.14. The van der Waals surface area contributed by atoms with Gasteiger partial charge in [-0.3, -0.25) is 4.72 Å². The van der Waals surface area contributed by atoms with E-state index in [1.165, 1.54) is 42.5 Å². The zero-order chi connectivity index (χ0) is 15.5. The second-order valence-electron chi connectivity index (χ2n) is 3.95. The van der Waals surface area contributed by atoms with E-state index >= 15 is 0 Å². The van der Waals surface area contributed by atoms with Crippen molar-refractivity contribution in [3.8, 4) is 0 Å². The van der Waals surface area contributed by atoms with E-state index in [1.54, 1.807) is 0 Å². The van der Waals surface area contributed by atoms with Gasteiger partial charge in [0.15, 0.2) is 0 Å². The molecule has 0 saturated carbocycles. The van der Waals surface area contributed by atoms with Crippen molar-refractivity contribution >= 4 is 44.6 Å². The maximum Gasteiger partial charge on any atom is 0.261 e. The minimum Gasteiger partial charge on any atom is -0.280 e. The second-order valence-corrected chi connectivity index (χ2v) is 6.50. The molecule has 0 bridgehead atoms. The molecule has 0 aromatic heterocycles. The Kier molecular flexibility index (Phi) is 4.59. The van der Waals surface area contributed by atoms with Gasteiger partial charge in [0.1, 0.15) is 0 Å². The van der Waals surface area contributed by atoms with Crippen LogP contribution in [0.4, 0.5) is 11.4 Å². The average molecular weight is 343 g/mol. The molecule has 2 aromatic carbocycles. The van der Waals surface area contributed by atoms with E-state index in [2.05, 4.69) is 14.7 Å². The van der Waals surface area contributed by atoms with Crippen LogP contribution in [0.5, 0.6) is 0 Å². The Morgan fingerprint density at radius 2 is 1.62 bits per heavy atom. The molecule has 0 radical (unpaired) electrons. The molecule has 0 aliphatic rings. The van der Waals surface area contributed by atoms with Crippen molar-refractivity contribution in [2.24, 2.45) is 5.11 Å². The predicted octanol–water partition coefficient (Wildman–Crippen LogP) is 4.74. The Labute approximate surface area is 131 Å². The van der Waals surface area contributed by atoms with E-state index in [0.29, 0.717) is 15.7 Å². The van der Waals surface area contributed by atoms with Crippen LogP contribution >= 0.6 is 23.2 Å². The Morgan fingerprint density at radius 1 is 1.05 bits per heavy atom. The van der Waals surface area contributed by atoms with Gasteiger partial charge < -0.3 is 0 Å². The first-order valence-electron chi connectivity index (χ1n) is 5.55. The van der Waals surface area contributed by atoms with Crippen LogP contribution < -0.4 is 4.72 Å². The molecule has 21 heavy (non-hydrogen) atoms. The third kappa shape index (κ3) is 4.03. The van der Waals surface area contributed by atoms with Gasteiger partial charge in [-0.05, 0) is 35.9 Å². The van der Waals surface area contributed by atoms with Crippen LogP contribution in [0.1, 0.15) is 0 Å². The molecular formula is C12H8Cl2N4O2S.